The summed E-state index contributed by atoms with van der Waals surface area (Å²) in [6.45, 7) is 0.763. The number of aromatic nitrogens is 1. The summed E-state index contributed by atoms with van der Waals surface area (Å²) in [5.74, 6) is 0.632. The van der Waals surface area contributed by atoms with Crippen LogP contribution in [0, 0.1) is 5.92 Å². The molecule has 4 heteroatoms. The van der Waals surface area contributed by atoms with Gasteiger partial charge in [0, 0.05) is 17.5 Å². The number of fused-ring (bicyclic) bond motifs is 1. The number of amides is 1. The van der Waals surface area contributed by atoms with Crippen LogP contribution in [0.1, 0.15) is 29.8 Å². The van der Waals surface area contributed by atoms with Crippen molar-refractivity contribution in [1.82, 2.24) is 10.3 Å². The molecule has 2 heterocycles. The first kappa shape index (κ1) is 12.0. The maximum Gasteiger partial charge on any atom is 0.268 e. The van der Waals surface area contributed by atoms with Gasteiger partial charge in [0.2, 0.25) is 0 Å². The maximum absolute atomic E-state index is 12.4. The van der Waals surface area contributed by atoms with Gasteiger partial charge in [-0.2, -0.15) is 0 Å². The van der Waals surface area contributed by atoms with E-state index in [1.54, 1.807) is 0 Å². The van der Waals surface area contributed by atoms with Crippen LogP contribution in [-0.4, -0.2) is 29.6 Å². The van der Waals surface area contributed by atoms with E-state index in [1.165, 1.54) is 12.8 Å². The summed E-state index contributed by atoms with van der Waals surface area (Å²) < 4.78 is 5.76. The number of carbonyl (C=O) groups excluding carboxylic acids is 1. The molecule has 1 amide bonds. The lowest BCUT2D eigenvalue weighted by Crippen LogP contribution is -2.41. The molecule has 20 heavy (non-hydrogen) atoms. The van der Waals surface area contributed by atoms with Crippen LogP contribution in [0.4, 0.5) is 0 Å². The fourth-order valence-corrected chi connectivity index (χ4v) is 3.10. The molecule has 0 radical (unpaired) electrons. The summed E-state index contributed by atoms with van der Waals surface area (Å²) in [4.78, 5) is 15.5. The van der Waals surface area contributed by atoms with Crippen LogP contribution in [-0.2, 0) is 4.74 Å². The largest absolute Gasteiger partial charge is 0.376 e. The van der Waals surface area contributed by atoms with Crippen LogP contribution in [0.25, 0.3) is 10.9 Å². The van der Waals surface area contributed by atoms with Gasteiger partial charge in [0.05, 0.1) is 12.1 Å². The molecule has 1 saturated carbocycles. The Morgan fingerprint density at radius 1 is 1.25 bits per heavy atom. The van der Waals surface area contributed by atoms with Crippen LogP contribution in [0.15, 0.2) is 30.3 Å². The lowest BCUT2D eigenvalue weighted by Gasteiger charge is -2.18. The van der Waals surface area contributed by atoms with Crippen molar-refractivity contribution >= 4 is 16.8 Å². The van der Waals surface area contributed by atoms with Crippen molar-refractivity contribution in [2.24, 2.45) is 5.92 Å². The van der Waals surface area contributed by atoms with Gasteiger partial charge in [-0.15, -0.1) is 0 Å². The number of rotatable bonds is 3. The molecule has 1 saturated heterocycles. The second-order valence-corrected chi connectivity index (χ2v) is 5.81. The molecule has 1 aromatic carbocycles. The zero-order chi connectivity index (χ0) is 13.5. The van der Waals surface area contributed by atoms with E-state index >= 15 is 0 Å². The average Bonchev–Trinajstić information content (AvgIpc) is 3.04. The van der Waals surface area contributed by atoms with Gasteiger partial charge in [0.15, 0.2) is 0 Å². The Morgan fingerprint density at radius 2 is 2.10 bits per heavy atom. The summed E-state index contributed by atoms with van der Waals surface area (Å²) in [5.41, 5.74) is 1.63. The summed E-state index contributed by atoms with van der Waals surface area (Å²) in [6.07, 6.45) is 3.63. The number of benzene rings is 1. The van der Waals surface area contributed by atoms with Gasteiger partial charge in [-0.25, -0.2) is 0 Å². The van der Waals surface area contributed by atoms with Crippen molar-refractivity contribution in [2.45, 2.75) is 31.4 Å². The minimum Gasteiger partial charge on any atom is -0.376 e. The van der Waals surface area contributed by atoms with Gasteiger partial charge >= 0.3 is 0 Å². The first-order chi connectivity index (χ1) is 9.81. The standard InChI is InChI=1S/C16H18N2O2/c19-16(14-9-11-3-1-2-4-12(11)17-14)18-13-7-8-20-15(13)10-5-6-10/h1-4,9-10,13,15,17H,5-8H2,(H,18,19). The van der Waals surface area contributed by atoms with E-state index in [1.807, 2.05) is 30.3 Å². The molecule has 2 unspecified atom stereocenters. The molecule has 0 bridgehead atoms. The zero-order valence-electron chi connectivity index (χ0n) is 11.3. The van der Waals surface area contributed by atoms with Crippen molar-refractivity contribution < 1.29 is 9.53 Å². The lowest BCUT2D eigenvalue weighted by molar-refractivity contribution is 0.0727. The quantitative estimate of drug-likeness (QED) is 0.900. The Hall–Kier alpha value is -1.81. The third-order valence-electron chi connectivity index (χ3n) is 4.31. The Morgan fingerprint density at radius 3 is 2.90 bits per heavy atom. The molecular formula is C16H18N2O2. The van der Waals surface area contributed by atoms with E-state index in [4.69, 9.17) is 4.74 Å². The van der Waals surface area contributed by atoms with Gasteiger partial charge in [-0.3, -0.25) is 4.79 Å². The van der Waals surface area contributed by atoms with Gasteiger partial charge in [-0.1, -0.05) is 18.2 Å². The first-order valence-corrected chi connectivity index (χ1v) is 7.31. The molecule has 0 spiro atoms. The molecular weight excluding hydrogens is 252 g/mol. The number of carbonyl (C=O) groups is 1. The number of hydrogen-bond donors (Lipinski definition) is 2. The van der Waals surface area contributed by atoms with Crippen LogP contribution in [0.5, 0.6) is 0 Å². The SMILES string of the molecule is O=C(NC1CCOC1C1CC1)c1cc2ccccc2[nH]1. The first-order valence-electron chi connectivity index (χ1n) is 7.31. The van der Waals surface area contributed by atoms with Gasteiger partial charge in [-0.05, 0) is 37.3 Å². The molecule has 1 aromatic heterocycles. The van der Waals surface area contributed by atoms with Crippen molar-refractivity contribution in [1.29, 1.82) is 0 Å². The topological polar surface area (TPSA) is 54.1 Å². The molecule has 1 aliphatic carbocycles. The van der Waals surface area contributed by atoms with Gasteiger partial charge in [0.1, 0.15) is 5.69 Å². The Bertz CT molecular complexity index is 612. The second-order valence-electron chi connectivity index (χ2n) is 5.81. The predicted molar refractivity (Wildman–Crippen MR) is 76.6 cm³/mol. The van der Waals surface area contributed by atoms with E-state index in [0.29, 0.717) is 11.6 Å². The van der Waals surface area contributed by atoms with Gasteiger partial charge in [0.25, 0.3) is 5.91 Å². The summed E-state index contributed by atoms with van der Waals surface area (Å²) in [6, 6.07) is 10.0. The molecule has 2 aliphatic rings. The molecule has 4 rings (SSSR count). The van der Waals surface area contributed by atoms with E-state index in [9.17, 15) is 4.79 Å². The highest BCUT2D eigenvalue weighted by Crippen LogP contribution is 2.38. The smallest absolute Gasteiger partial charge is 0.268 e. The summed E-state index contributed by atoms with van der Waals surface area (Å²) >= 11 is 0. The van der Waals surface area contributed by atoms with Crippen LogP contribution in [0.2, 0.25) is 0 Å². The number of aromatic amines is 1. The number of para-hydroxylation sites is 1. The maximum atomic E-state index is 12.4. The summed E-state index contributed by atoms with van der Waals surface area (Å²) in [5, 5.41) is 4.20. The average molecular weight is 270 g/mol. The number of H-pyrrole nitrogens is 1. The molecule has 2 atom stereocenters. The van der Waals surface area contributed by atoms with Crippen molar-refractivity contribution in [3.63, 3.8) is 0 Å². The minimum atomic E-state index is -0.0256. The number of nitrogens with one attached hydrogen (secondary N) is 2. The molecule has 1 aliphatic heterocycles. The van der Waals surface area contributed by atoms with Crippen molar-refractivity contribution in [3.05, 3.63) is 36.0 Å². The third-order valence-corrected chi connectivity index (χ3v) is 4.31. The third kappa shape index (κ3) is 2.10. The fraction of sp³-hybridized carbons (Fsp3) is 0.438. The molecule has 104 valence electrons. The molecule has 2 N–H and O–H groups in total. The molecule has 2 fully saturated rings. The van der Waals surface area contributed by atoms with Crippen LogP contribution < -0.4 is 5.32 Å². The molecule has 4 nitrogen and oxygen atoms in total. The minimum absolute atomic E-state index is 0.0256. The number of hydrogen-bond acceptors (Lipinski definition) is 2. The van der Waals surface area contributed by atoms with Crippen molar-refractivity contribution in [3.8, 4) is 0 Å². The normalized spacial score (nSPS) is 26.0. The van der Waals surface area contributed by atoms with Crippen LogP contribution >= 0.6 is 0 Å². The monoisotopic (exact) mass is 270 g/mol. The lowest BCUT2D eigenvalue weighted by atomic mass is 10.1. The van der Waals surface area contributed by atoms with E-state index < -0.39 is 0 Å². The highest BCUT2D eigenvalue weighted by molar-refractivity contribution is 5.98. The Balaban J connectivity index is 1.51. The zero-order valence-corrected chi connectivity index (χ0v) is 11.3. The summed E-state index contributed by atoms with van der Waals surface area (Å²) in [7, 11) is 0. The Kier molecular flexibility index (Phi) is 2.77. The second kappa shape index (κ2) is 4.63. The van der Waals surface area contributed by atoms with E-state index in [-0.39, 0.29) is 18.1 Å². The predicted octanol–water partition coefficient (Wildman–Crippen LogP) is 2.47. The number of ether oxygens (including phenoxy) is 1. The molecule has 2 aromatic rings. The van der Waals surface area contributed by atoms with Gasteiger partial charge < -0.3 is 15.0 Å². The van der Waals surface area contributed by atoms with E-state index in [2.05, 4.69) is 10.3 Å². The van der Waals surface area contributed by atoms with Crippen molar-refractivity contribution in [2.75, 3.05) is 6.61 Å². The fourth-order valence-electron chi connectivity index (χ4n) is 3.10. The Labute approximate surface area is 117 Å². The highest BCUT2D eigenvalue weighted by atomic mass is 16.5. The van der Waals surface area contributed by atoms with E-state index in [0.717, 1.165) is 23.9 Å². The highest BCUT2D eigenvalue weighted by Gasteiger charge is 2.41. The van der Waals surface area contributed by atoms with Crippen LogP contribution in [0.3, 0.4) is 0 Å².